The second kappa shape index (κ2) is 5.57. The zero-order valence-corrected chi connectivity index (χ0v) is 12.8. The summed E-state index contributed by atoms with van der Waals surface area (Å²) in [5, 5.41) is 18.7. The summed E-state index contributed by atoms with van der Waals surface area (Å²) >= 11 is 3.38. The minimum absolute atomic E-state index is 0.0572. The summed E-state index contributed by atoms with van der Waals surface area (Å²) < 4.78 is 2.59. The van der Waals surface area contributed by atoms with E-state index in [0.29, 0.717) is 17.2 Å². The summed E-state index contributed by atoms with van der Waals surface area (Å²) in [4.78, 5) is 10.2. The van der Waals surface area contributed by atoms with Gasteiger partial charge in [-0.05, 0) is 45.8 Å². The highest BCUT2D eigenvalue weighted by Gasteiger charge is 2.07. The van der Waals surface area contributed by atoms with Crippen LogP contribution in [0.1, 0.15) is 11.4 Å². The van der Waals surface area contributed by atoms with Crippen LogP contribution in [0.5, 0.6) is 0 Å². The molecule has 1 aromatic carbocycles. The lowest BCUT2D eigenvalue weighted by atomic mass is 10.2. The minimum Gasteiger partial charge on any atom is -0.396 e. The number of nitro groups is 1. The van der Waals surface area contributed by atoms with Crippen molar-refractivity contribution in [3.63, 3.8) is 0 Å². The Balaban J connectivity index is 1.94. The van der Waals surface area contributed by atoms with E-state index in [1.54, 1.807) is 34.8 Å². The summed E-state index contributed by atoms with van der Waals surface area (Å²) in [6.45, 7) is 0. The van der Waals surface area contributed by atoms with Crippen LogP contribution in [0.15, 0.2) is 41.0 Å². The number of halogens is 1. The van der Waals surface area contributed by atoms with Gasteiger partial charge in [-0.3, -0.25) is 14.5 Å². The van der Waals surface area contributed by atoms with Crippen LogP contribution in [-0.4, -0.2) is 19.5 Å². The number of fused-ring (bicyclic) bond motifs is 1. The highest BCUT2D eigenvalue weighted by molar-refractivity contribution is 9.10. The number of nitrogens with zero attached hydrogens (tertiary/aromatic N) is 4. The first-order valence-corrected chi connectivity index (χ1v) is 7.06. The Bertz CT molecular complexity index is 886. The Kier molecular flexibility index (Phi) is 3.60. The molecule has 0 aliphatic carbocycles. The Morgan fingerprint density at radius 3 is 2.64 bits per heavy atom. The molecule has 0 aliphatic heterocycles. The number of aromatic nitrogens is 3. The van der Waals surface area contributed by atoms with Crippen molar-refractivity contribution in [1.82, 2.24) is 14.6 Å². The Hall–Kier alpha value is -2.74. The van der Waals surface area contributed by atoms with E-state index in [9.17, 15) is 10.1 Å². The van der Waals surface area contributed by atoms with E-state index in [1.807, 2.05) is 6.20 Å². The first kappa shape index (κ1) is 14.2. The summed E-state index contributed by atoms with van der Waals surface area (Å²) in [5.74, 6) is 0.612. The number of nitro benzene ring substituents is 1. The number of benzene rings is 1. The molecule has 0 amide bonds. The molecule has 8 heteroatoms. The summed E-state index contributed by atoms with van der Waals surface area (Å²) in [5.41, 5.74) is 7.86. The van der Waals surface area contributed by atoms with Gasteiger partial charge in [-0.15, -0.1) is 10.2 Å². The molecule has 22 heavy (non-hydrogen) atoms. The van der Waals surface area contributed by atoms with Gasteiger partial charge in [0.1, 0.15) is 0 Å². The van der Waals surface area contributed by atoms with E-state index in [4.69, 9.17) is 5.73 Å². The van der Waals surface area contributed by atoms with Gasteiger partial charge in [-0.25, -0.2) is 0 Å². The van der Waals surface area contributed by atoms with Crippen LogP contribution in [0, 0.1) is 10.1 Å². The topological polar surface area (TPSA) is 99.3 Å². The van der Waals surface area contributed by atoms with Gasteiger partial charge in [0.25, 0.3) is 5.69 Å². The smallest absolute Gasteiger partial charge is 0.269 e. The van der Waals surface area contributed by atoms with Crippen molar-refractivity contribution in [2.75, 3.05) is 5.73 Å². The van der Waals surface area contributed by atoms with Gasteiger partial charge in [0.2, 0.25) is 0 Å². The van der Waals surface area contributed by atoms with Gasteiger partial charge in [-0.1, -0.05) is 6.08 Å². The van der Waals surface area contributed by atoms with Crippen molar-refractivity contribution in [3.8, 4) is 0 Å². The molecule has 0 fully saturated rings. The average Bonchev–Trinajstić information content (AvgIpc) is 2.89. The molecule has 0 saturated carbocycles. The number of anilines is 1. The van der Waals surface area contributed by atoms with Gasteiger partial charge < -0.3 is 5.73 Å². The summed E-state index contributed by atoms with van der Waals surface area (Å²) in [7, 11) is 0. The van der Waals surface area contributed by atoms with Gasteiger partial charge in [0.15, 0.2) is 11.5 Å². The Morgan fingerprint density at radius 1 is 1.23 bits per heavy atom. The quantitative estimate of drug-likeness (QED) is 0.571. The van der Waals surface area contributed by atoms with Crippen molar-refractivity contribution in [2.45, 2.75) is 0 Å². The van der Waals surface area contributed by atoms with Crippen LogP contribution >= 0.6 is 15.9 Å². The number of non-ortho nitro benzene ring substituents is 1. The fourth-order valence-corrected chi connectivity index (χ4v) is 2.44. The molecule has 7 nitrogen and oxygen atoms in total. The molecule has 2 N–H and O–H groups in total. The van der Waals surface area contributed by atoms with E-state index in [-0.39, 0.29) is 5.69 Å². The molecule has 0 radical (unpaired) electrons. The van der Waals surface area contributed by atoms with Crippen LogP contribution in [0.2, 0.25) is 0 Å². The zero-order valence-electron chi connectivity index (χ0n) is 11.2. The van der Waals surface area contributed by atoms with Crippen LogP contribution < -0.4 is 5.73 Å². The molecule has 0 aliphatic rings. The molecule has 2 heterocycles. The molecular weight excluding hydrogens is 350 g/mol. The number of nitrogen functional groups attached to an aromatic ring is 1. The lowest BCUT2D eigenvalue weighted by Gasteiger charge is -1.99. The molecule has 3 aromatic rings. The number of rotatable bonds is 3. The van der Waals surface area contributed by atoms with Gasteiger partial charge in [0.05, 0.1) is 10.6 Å². The van der Waals surface area contributed by atoms with Crippen molar-refractivity contribution in [2.24, 2.45) is 0 Å². The van der Waals surface area contributed by atoms with Crippen LogP contribution in [0.25, 0.3) is 17.8 Å². The average molecular weight is 360 g/mol. The third-order valence-electron chi connectivity index (χ3n) is 3.05. The predicted octanol–water partition coefficient (Wildman–Crippen LogP) is 3.15. The summed E-state index contributed by atoms with van der Waals surface area (Å²) in [6.07, 6.45) is 5.39. The Labute approximate surface area is 133 Å². The maximum absolute atomic E-state index is 10.6. The van der Waals surface area contributed by atoms with E-state index in [0.717, 1.165) is 10.0 Å². The van der Waals surface area contributed by atoms with E-state index in [2.05, 4.69) is 26.1 Å². The number of pyridine rings is 1. The third-order valence-corrected chi connectivity index (χ3v) is 3.49. The normalized spacial score (nSPS) is 11.3. The number of hydrogen-bond donors (Lipinski definition) is 1. The molecular formula is C14H10BrN5O2. The van der Waals surface area contributed by atoms with E-state index in [1.165, 1.54) is 12.1 Å². The number of hydrogen-bond acceptors (Lipinski definition) is 5. The Morgan fingerprint density at radius 2 is 1.95 bits per heavy atom. The maximum Gasteiger partial charge on any atom is 0.269 e. The molecule has 110 valence electrons. The fourth-order valence-electron chi connectivity index (χ4n) is 1.99. The lowest BCUT2D eigenvalue weighted by molar-refractivity contribution is -0.384. The highest BCUT2D eigenvalue weighted by Crippen LogP contribution is 2.20. The molecule has 3 rings (SSSR count). The minimum atomic E-state index is -0.431. The summed E-state index contributed by atoms with van der Waals surface area (Å²) in [6, 6.07) is 8.00. The van der Waals surface area contributed by atoms with Crippen molar-refractivity contribution < 1.29 is 4.92 Å². The molecule has 0 bridgehead atoms. The monoisotopic (exact) mass is 359 g/mol. The van der Waals surface area contributed by atoms with Crippen molar-refractivity contribution in [1.29, 1.82) is 0 Å². The second-order valence-electron chi connectivity index (χ2n) is 4.55. The highest BCUT2D eigenvalue weighted by atomic mass is 79.9. The molecule has 0 saturated heterocycles. The largest absolute Gasteiger partial charge is 0.396 e. The van der Waals surface area contributed by atoms with Gasteiger partial charge >= 0.3 is 0 Å². The zero-order chi connectivity index (χ0) is 15.7. The SMILES string of the molecule is Nc1cc(Br)cn2c(/C=C/c3ccc([N+](=O)[O-])cc3)nnc12. The van der Waals surface area contributed by atoms with E-state index >= 15 is 0 Å². The molecule has 2 aromatic heterocycles. The van der Waals surface area contributed by atoms with Crippen molar-refractivity contribution >= 4 is 45.1 Å². The van der Waals surface area contributed by atoms with Crippen LogP contribution in [0.3, 0.4) is 0 Å². The first-order valence-electron chi connectivity index (χ1n) is 6.27. The van der Waals surface area contributed by atoms with Gasteiger partial charge in [0, 0.05) is 22.8 Å². The maximum atomic E-state index is 10.6. The number of nitrogens with two attached hydrogens (primary N) is 1. The van der Waals surface area contributed by atoms with E-state index < -0.39 is 4.92 Å². The molecule has 0 unspecified atom stereocenters. The van der Waals surface area contributed by atoms with Crippen molar-refractivity contribution in [3.05, 3.63) is 62.5 Å². The van der Waals surface area contributed by atoms with Crippen LogP contribution in [0.4, 0.5) is 11.4 Å². The first-order chi connectivity index (χ1) is 10.5. The molecule has 0 spiro atoms. The fraction of sp³-hybridized carbons (Fsp3) is 0. The third kappa shape index (κ3) is 2.68. The standard InChI is InChI=1S/C14H10BrN5O2/c15-10-7-12(16)14-18-17-13(19(14)8-10)6-3-9-1-4-11(5-2-9)20(21)22/h1-8H,16H2/b6-3+. The second-order valence-corrected chi connectivity index (χ2v) is 5.46. The molecule has 0 atom stereocenters. The van der Waals surface area contributed by atoms with Crippen LogP contribution in [-0.2, 0) is 0 Å². The predicted molar refractivity (Wildman–Crippen MR) is 87.1 cm³/mol. The van der Waals surface area contributed by atoms with Gasteiger partial charge in [-0.2, -0.15) is 0 Å². The lowest BCUT2D eigenvalue weighted by Crippen LogP contribution is -1.94.